The second kappa shape index (κ2) is 10.4. The van der Waals surface area contributed by atoms with Gasteiger partial charge in [0, 0.05) is 31.2 Å². The van der Waals surface area contributed by atoms with Gasteiger partial charge in [-0.25, -0.2) is 22.5 Å². The van der Waals surface area contributed by atoms with E-state index in [4.69, 9.17) is 4.74 Å². The van der Waals surface area contributed by atoms with Crippen molar-refractivity contribution in [1.29, 1.82) is 0 Å². The molecule has 2 atom stereocenters. The van der Waals surface area contributed by atoms with Gasteiger partial charge in [-0.3, -0.25) is 0 Å². The van der Waals surface area contributed by atoms with Gasteiger partial charge in [-0.15, -0.1) is 0 Å². The number of rotatable bonds is 9. The van der Waals surface area contributed by atoms with E-state index in [1.165, 1.54) is 31.0 Å². The largest absolute Gasteiger partial charge is 0.395 e. The van der Waals surface area contributed by atoms with E-state index < -0.39 is 28.5 Å². The van der Waals surface area contributed by atoms with Crippen LogP contribution in [0.2, 0.25) is 0 Å². The average molecular weight is 514 g/mol. The molecular weight excluding hydrogens is 481 g/mol. The van der Waals surface area contributed by atoms with Crippen molar-refractivity contribution in [3.05, 3.63) is 66.0 Å². The molecule has 9 heteroatoms. The third kappa shape index (κ3) is 5.39. The molecule has 5 rings (SSSR count). The third-order valence-corrected chi connectivity index (χ3v) is 9.28. The molecule has 1 aromatic heterocycles. The fourth-order valence-electron chi connectivity index (χ4n) is 5.49. The van der Waals surface area contributed by atoms with Crippen LogP contribution in [0.5, 0.6) is 0 Å². The SMILES string of the molecule is O=S(=O)(NC(CO)Cc1cccc(F)c1)c1ccc2nc(NCC3CCC34CCOCC4)ccc2c1. The Morgan fingerprint density at radius 1 is 1.11 bits per heavy atom. The van der Waals surface area contributed by atoms with E-state index in [1.807, 2.05) is 12.1 Å². The zero-order valence-electron chi connectivity index (χ0n) is 20.1. The number of benzene rings is 2. The molecule has 3 N–H and O–H groups in total. The van der Waals surface area contributed by atoms with E-state index in [0.29, 0.717) is 27.8 Å². The minimum atomic E-state index is -3.89. The van der Waals surface area contributed by atoms with Crippen molar-refractivity contribution in [2.75, 3.05) is 31.7 Å². The Balaban J connectivity index is 1.25. The predicted octanol–water partition coefficient (Wildman–Crippen LogP) is 3.87. The van der Waals surface area contributed by atoms with E-state index in [9.17, 15) is 17.9 Å². The highest BCUT2D eigenvalue weighted by molar-refractivity contribution is 7.89. The van der Waals surface area contributed by atoms with E-state index in [2.05, 4.69) is 15.0 Å². The molecule has 2 aromatic carbocycles. The summed E-state index contributed by atoms with van der Waals surface area (Å²) < 4.78 is 47.6. The zero-order valence-corrected chi connectivity index (χ0v) is 20.9. The summed E-state index contributed by atoms with van der Waals surface area (Å²) >= 11 is 0. The molecule has 1 aliphatic carbocycles. The van der Waals surface area contributed by atoms with Crippen LogP contribution in [0.25, 0.3) is 10.9 Å². The van der Waals surface area contributed by atoms with Crippen molar-refractivity contribution in [2.24, 2.45) is 11.3 Å². The number of fused-ring (bicyclic) bond motifs is 1. The zero-order chi connectivity index (χ0) is 25.2. The summed E-state index contributed by atoms with van der Waals surface area (Å²) in [5.74, 6) is 1.00. The van der Waals surface area contributed by atoms with Crippen LogP contribution in [0.15, 0.2) is 59.5 Å². The molecule has 2 aliphatic rings. The van der Waals surface area contributed by atoms with Gasteiger partial charge in [0.15, 0.2) is 0 Å². The molecule has 3 aromatic rings. The Morgan fingerprint density at radius 3 is 2.67 bits per heavy atom. The first-order chi connectivity index (χ1) is 17.4. The normalized spacial score (nSPS) is 20.2. The molecule has 0 radical (unpaired) electrons. The standard InChI is InChI=1S/C27H32FN3O4S/c28-22-3-1-2-19(14-22)15-23(18-32)31-36(33,34)24-5-6-25-20(16-24)4-7-26(30-25)29-17-21-8-9-27(21)10-12-35-13-11-27/h1-7,14,16,21,23,31-32H,8-13,15,17-18H2,(H,29,30). The molecular formula is C27H32FN3O4S. The number of ether oxygens (including phenoxy) is 1. The van der Waals surface area contributed by atoms with Crippen molar-refractivity contribution in [3.63, 3.8) is 0 Å². The third-order valence-electron chi connectivity index (χ3n) is 7.76. The van der Waals surface area contributed by atoms with Gasteiger partial charge in [0.05, 0.1) is 17.0 Å². The van der Waals surface area contributed by atoms with Gasteiger partial charge in [-0.1, -0.05) is 12.1 Å². The van der Waals surface area contributed by atoms with Gasteiger partial charge in [0.1, 0.15) is 11.6 Å². The molecule has 1 spiro atoms. The molecule has 1 saturated heterocycles. The van der Waals surface area contributed by atoms with Crippen LogP contribution in [0.4, 0.5) is 10.2 Å². The smallest absolute Gasteiger partial charge is 0.240 e. The van der Waals surface area contributed by atoms with Gasteiger partial charge in [0.2, 0.25) is 10.0 Å². The molecule has 1 saturated carbocycles. The number of halogens is 1. The number of aliphatic hydroxyl groups is 1. The monoisotopic (exact) mass is 513 g/mol. The first kappa shape index (κ1) is 25.1. The highest BCUT2D eigenvalue weighted by Crippen LogP contribution is 2.53. The summed E-state index contributed by atoms with van der Waals surface area (Å²) in [6.07, 6.45) is 4.94. The molecule has 2 heterocycles. The van der Waals surface area contributed by atoms with Crippen molar-refractivity contribution in [1.82, 2.24) is 9.71 Å². The number of anilines is 1. The Bertz CT molecular complexity index is 1330. The molecule has 36 heavy (non-hydrogen) atoms. The quantitative estimate of drug-likeness (QED) is 0.402. The number of hydrogen-bond acceptors (Lipinski definition) is 6. The molecule has 192 valence electrons. The van der Waals surface area contributed by atoms with Crippen LogP contribution in [0.3, 0.4) is 0 Å². The predicted molar refractivity (Wildman–Crippen MR) is 137 cm³/mol. The Hall–Kier alpha value is -2.59. The molecule has 1 aliphatic heterocycles. The first-order valence-electron chi connectivity index (χ1n) is 12.5. The number of hydrogen-bond donors (Lipinski definition) is 3. The van der Waals surface area contributed by atoms with Crippen molar-refractivity contribution >= 4 is 26.7 Å². The minimum absolute atomic E-state index is 0.0890. The lowest BCUT2D eigenvalue weighted by Crippen LogP contribution is -2.47. The van der Waals surface area contributed by atoms with Crippen molar-refractivity contribution in [2.45, 2.75) is 43.0 Å². The van der Waals surface area contributed by atoms with Crippen LogP contribution >= 0.6 is 0 Å². The number of nitrogens with zero attached hydrogens (tertiary/aromatic N) is 1. The number of aromatic nitrogens is 1. The maximum Gasteiger partial charge on any atom is 0.240 e. The van der Waals surface area contributed by atoms with Crippen LogP contribution in [-0.4, -0.2) is 50.9 Å². The topological polar surface area (TPSA) is 101 Å². The fourth-order valence-corrected chi connectivity index (χ4v) is 6.75. The average Bonchev–Trinajstić information content (AvgIpc) is 2.87. The summed E-state index contributed by atoms with van der Waals surface area (Å²) in [5.41, 5.74) is 1.72. The summed E-state index contributed by atoms with van der Waals surface area (Å²) in [6, 6.07) is 13.7. The lowest BCUT2D eigenvalue weighted by molar-refractivity contribution is -0.0705. The lowest BCUT2D eigenvalue weighted by atomic mass is 9.56. The van der Waals surface area contributed by atoms with Crippen molar-refractivity contribution in [3.8, 4) is 0 Å². The van der Waals surface area contributed by atoms with E-state index in [1.54, 1.807) is 24.3 Å². The molecule has 7 nitrogen and oxygen atoms in total. The summed E-state index contributed by atoms with van der Waals surface area (Å²) in [5, 5.41) is 13.9. The minimum Gasteiger partial charge on any atom is -0.395 e. The summed E-state index contributed by atoms with van der Waals surface area (Å²) in [6.45, 7) is 2.18. The Morgan fingerprint density at radius 2 is 1.94 bits per heavy atom. The first-order valence-corrected chi connectivity index (χ1v) is 14.0. The highest BCUT2D eigenvalue weighted by Gasteiger charge is 2.46. The fraction of sp³-hybridized carbons (Fsp3) is 0.444. The summed E-state index contributed by atoms with van der Waals surface area (Å²) in [4.78, 5) is 4.77. The lowest BCUT2D eigenvalue weighted by Gasteiger charge is -2.52. The maximum atomic E-state index is 13.5. The second-order valence-corrected chi connectivity index (χ2v) is 11.7. The van der Waals surface area contributed by atoms with Crippen LogP contribution < -0.4 is 10.0 Å². The van der Waals surface area contributed by atoms with Crippen molar-refractivity contribution < 1.29 is 22.7 Å². The molecule has 0 bridgehead atoms. The molecule has 0 amide bonds. The number of nitrogens with one attached hydrogen (secondary N) is 2. The van der Waals surface area contributed by atoms with Crippen LogP contribution in [0.1, 0.15) is 31.2 Å². The highest BCUT2D eigenvalue weighted by atomic mass is 32.2. The molecule has 2 fully saturated rings. The van der Waals surface area contributed by atoms with Crippen LogP contribution in [0, 0.1) is 17.2 Å². The number of pyridine rings is 1. The number of sulfonamides is 1. The van der Waals surface area contributed by atoms with E-state index in [0.717, 1.165) is 38.4 Å². The van der Waals surface area contributed by atoms with Gasteiger partial charge in [0.25, 0.3) is 0 Å². The van der Waals surface area contributed by atoms with Gasteiger partial charge in [-0.2, -0.15) is 0 Å². The molecule has 2 unspecified atom stereocenters. The summed E-state index contributed by atoms with van der Waals surface area (Å²) in [7, 11) is -3.89. The van der Waals surface area contributed by atoms with Gasteiger partial charge in [-0.05, 0) is 91.5 Å². The number of aliphatic hydroxyl groups excluding tert-OH is 1. The van der Waals surface area contributed by atoms with E-state index >= 15 is 0 Å². The Kier molecular flexibility index (Phi) is 7.25. The van der Waals surface area contributed by atoms with E-state index in [-0.39, 0.29) is 11.3 Å². The van der Waals surface area contributed by atoms with Gasteiger partial charge < -0.3 is 15.2 Å². The second-order valence-electron chi connectivity index (χ2n) is 9.98. The van der Waals surface area contributed by atoms with Gasteiger partial charge >= 0.3 is 0 Å². The van der Waals surface area contributed by atoms with Crippen LogP contribution in [-0.2, 0) is 21.2 Å². The maximum absolute atomic E-state index is 13.5. The Labute approximate surface area is 211 Å².